The molecule has 0 unspecified atom stereocenters. The zero-order valence-corrected chi connectivity index (χ0v) is 22.8. The van der Waals surface area contributed by atoms with Crippen molar-refractivity contribution in [2.24, 2.45) is 0 Å². The molecule has 0 saturated carbocycles. The molecule has 2 aliphatic rings. The Hall–Kier alpha value is -5.97. The molecule has 198 valence electrons. The lowest BCUT2D eigenvalue weighted by Crippen LogP contribution is -2.25. The van der Waals surface area contributed by atoms with Crippen molar-refractivity contribution in [2.75, 3.05) is 0 Å². The first-order chi connectivity index (χ1) is 21.2. The largest absolute Gasteiger partial charge is 0.319 e. The van der Waals surface area contributed by atoms with E-state index in [1.165, 1.54) is 50.6 Å². The predicted molar refractivity (Wildman–Crippen MR) is 168 cm³/mol. The molecule has 0 bridgehead atoms. The topological polar surface area (TPSA) is 33.1 Å². The Bertz CT molecular complexity index is 2410. The van der Waals surface area contributed by atoms with E-state index in [9.17, 15) is 5.26 Å². The van der Waals surface area contributed by atoms with Crippen LogP contribution in [-0.4, -0.2) is 4.57 Å². The van der Waals surface area contributed by atoms with E-state index in [1.54, 1.807) is 6.07 Å². The number of fused-ring (bicyclic) bond motifs is 13. The van der Waals surface area contributed by atoms with Crippen molar-refractivity contribution in [3.8, 4) is 34.0 Å². The minimum atomic E-state index is -0.787. The molecule has 0 radical (unpaired) electrons. The molecule has 2 aliphatic carbocycles. The minimum absolute atomic E-state index is 0.134. The molecular weight excluding hydrogens is 529 g/mol. The highest BCUT2D eigenvalue weighted by Crippen LogP contribution is 2.63. The van der Waals surface area contributed by atoms with Gasteiger partial charge >= 0.3 is 0 Å². The molecular formula is C39H20FN3. The van der Waals surface area contributed by atoms with Crippen LogP contribution in [0.5, 0.6) is 0 Å². The highest BCUT2D eigenvalue weighted by atomic mass is 19.1. The Kier molecular flexibility index (Phi) is 4.57. The number of hydrogen-bond acceptors (Lipinski definition) is 1. The number of nitrogens with zero attached hydrogens (tertiary/aromatic N) is 3. The number of halogens is 1. The van der Waals surface area contributed by atoms with Crippen LogP contribution < -0.4 is 0 Å². The molecule has 1 heterocycles. The van der Waals surface area contributed by atoms with Gasteiger partial charge in [0, 0.05) is 10.8 Å². The third kappa shape index (κ3) is 2.76. The average Bonchev–Trinajstić information content (AvgIpc) is 3.65. The van der Waals surface area contributed by atoms with Crippen LogP contribution in [0.25, 0.3) is 54.6 Å². The fourth-order valence-electron chi connectivity index (χ4n) is 7.74. The van der Waals surface area contributed by atoms with Crippen molar-refractivity contribution in [3.63, 3.8) is 0 Å². The zero-order chi connectivity index (χ0) is 28.9. The molecule has 6 aromatic carbocycles. The first-order valence-electron chi connectivity index (χ1n) is 14.2. The van der Waals surface area contributed by atoms with Crippen LogP contribution in [0.4, 0.5) is 10.1 Å². The van der Waals surface area contributed by atoms with Gasteiger partial charge in [0.1, 0.15) is 11.9 Å². The Labute approximate surface area is 247 Å². The fraction of sp³-hybridized carbons (Fsp3) is 0.0256. The summed E-state index contributed by atoms with van der Waals surface area (Å²) in [5.41, 5.74) is 11.1. The molecule has 0 atom stereocenters. The second-order valence-electron chi connectivity index (χ2n) is 11.2. The van der Waals surface area contributed by atoms with E-state index < -0.39 is 11.2 Å². The molecule has 0 amide bonds. The van der Waals surface area contributed by atoms with Crippen LogP contribution in [0.1, 0.15) is 27.8 Å². The van der Waals surface area contributed by atoms with Crippen LogP contribution in [0.15, 0.2) is 121 Å². The first-order valence-corrected chi connectivity index (χ1v) is 14.2. The highest BCUT2D eigenvalue weighted by Gasteiger charge is 2.51. The van der Waals surface area contributed by atoms with Crippen molar-refractivity contribution < 1.29 is 4.39 Å². The van der Waals surface area contributed by atoms with Gasteiger partial charge < -0.3 is 4.57 Å². The highest BCUT2D eigenvalue weighted by molar-refractivity contribution is 6.13. The first kappa shape index (κ1) is 23.7. The average molecular weight is 550 g/mol. The van der Waals surface area contributed by atoms with Crippen LogP contribution in [-0.2, 0) is 5.41 Å². The molecule has 9 rings (SSSR count). The summed E-state index contributed by atoms with van der Waals surface area (Å²) in [5, 5.41) is 11.5. The second-order valence-corrected chi connectivity index (χ2v) is 11.2. The Morgan fingerprint density at radius 3 is 1.84 bits per heavy atom. The maximum atomic E-state index is 15.4. The van der Waals surface area contributed by atoms with Gasteiger partial charge in [-0.2, -0.15) is 5.26 Å². The van der Waals surface area contributed by atoms with Crippen molar-refractivity contribution in [2.45, 2.75) is 5.41 Å². The van der Waals surface area contributed by atoms with E-state index in [0.29, 0.717) is 5.69 Å². The summed E-state index contributed by atoms with van der Waals surface area (Å²) in [6.07, 6.45) is 0. The number of benzene rings is 6. The second kappa shape index (κ2) is 8.29. The van der Waals surface area contributed by atoms with Gasteiger partial charge in [0.2, 0.25) is 5.69 Å². The number of aromatic nitrogens is 1. The van der Waals surface area contributed by atoms with Gasteiger partial charge in [0.05, 0.1) is 34.3 Å². The molecule has 43 heavy (non-hydrogen) atoms. The van der Waals surface area contributed by atoms with Gasteiger partial charge in [-0.25, -0.2) is 9.24 Å². The van der Waals surface area contributed by atoms with E-state index in [0.717, 1.165) is 21.8 Å². The third-order valence-electron chi connectivity index (χ3n) is 9.36. The van der Waals surface area contributed by atoms with Crippen LogP contribution in [0.3, 0.4) is 0 Å². The summed E-state index contributed by atoms with van der Waals surface area (Å²) in [7, 11) is 0. The number of hydrogen-bond donors (Lipinski definition) is 0. The molecule has 7 aromatic rings. The summed E-state index contributed by atoms with van der Waals surface area (Å²) in [6, 6.07) is 43.6. The number of rotatable bonds is 1. The van der Waals surface area contributed by atoms with Crippen molar-refractivity contribution >= 4 is 27.5 Å². The summed E-state index contributed by atoms with van der Waals surface area (Å²) in [4.78, 5) is 3.59. The molecule has 4 heteroatoms. The van der Waals surface area contributed by atoms with E-state index in [1.807, 2.05) is 28.8 Å². The quantitative estimate of drug-likeness (QED) is 0.188. The minimum Gasteiger partial charge on any atom is -0.319 e. The third-order valence-corrected chi connectivity index (χ3v) is 9.36. The molecule has 0 N–H and O–H groups in total. The molecule has 0 aliphatic heterocycles. The van der Waals surface area contributed by atoms with Gasteiger partial charge in [-0.1, -0.05) is 91.0 Å². The standard InChI is InChI=1S/C39H20FN3/c1-42-38-35(19-18-23(22-41)37(38)40)43-34-17-9-5-13-27(34)29-20-28-26-12-4-8-16-32(26)39(33(28)21-36(29)43)30-14-6-2-10-24(30)25-11-3-7-15-31(25)39/h2-21H. The van der Waals surface area contributed by atoms with E-state index in [2.05, 4.69) is 95.8 Å². The van der Waals surface area contributed by atoms with Crippen LogP contribution in [0.2, 0.25) is 0 Å². The van der Waals surface area contributed by atoms with Gasteiger partial charge in [-0.05, 0) is 74.8 Å². The summed E-state index contributed by atoms with van der Waals surface area (Å²) >= 11 is 0. The van der Waals surface area contributed by atoms with Crippen molar-refractivity contribution in [3.05, 3.63) is 166 Å². The van der Waals surface area contributed by atoms with Crippen LogP contribution >= 0.6 is 0 Å². The van der Waals surface area contributed by atoms with E-state index >= 15 is 4.39 Å². The lowest BCUT2D eigenvalue weighted by molar-refractivity contribution is 0.629. The van der Waals surface area contributed by atoms with Gasteiger partial charge in [0.25, 0.3) is 0 Å². The number of para-hydroxylation sites is 1. The van der Waals surface area contributed by atoms with Crippen molar-refractivity contribution in [1.82, 2.24) is 4.57 Å². The molecule has 1 aromatic heterocycles. The number of nitriles is 1. The predicted octanol–water partition coefficient (Wildman–Crippen LogP) is 9.69. The van der Waals surface area contributed by atoms with E-state index in [4.69, 9.17) is 6.57 Å². The molecule has 0 fully saturated rings. The monoisotopic (exact) mass is 549 g/mol. The van der Waals surface area contributed by atoms with Gasteiger partial charge in [-0.3, -0.25) is 0 Å². The molecule has 1 spiro atoms. The SMILES string of the molecule is [C-]#[N+]c1c(-n2c3ccccc3c3cc4c(cc32)C2(c3ccccc3-c3ccccc32)c2ccccc2-4)ccc(C#N)c1F. The Morgan fingerprint density at radius 2 is 1.21 bits per heavy atom. The maximum Gasteiger partial charge on any atom is 0.246 e. The zero-order valence-electron chi connectivity index (χ0n) is 22.8. The van der Waals surface area contributed by atoms with Crippen LogP contribution in [0, 0.1) is 23.7 Å². The smallest absolute Gasteiger partial charge is 0.246 e. The maximum absolute atomic E-state index is 15.4. The summed E-state index contributed by atoms with van der Waals surface area (Å²) in [5.74, 6) is -0.787. The Balaban J connectivity index is 1.48. The summed E-state index contributed by atoms with van der Waals surface area (Å²) < 4.78 is 17.4. The fourth-order valence-corrected chi connectivity index (χ4v) is 7.74. The lowest BCUT2D eigenvalue weighted by atomic mass is 9.70. The van der Waals surface area contributed by atoms with Crippen molar-refractivity contribution in [1.29, 1.82) is 5.26 Å². The van der Waals surface area contributed by atoms with Gasteiger partial charge in [-0.15, -0.1) is 0 Å². The summed E-state index contributed by atoms with van der Waals surface area (Å²) in [6.45, 7) is 7.88. The lowest BCUT2D eigenvalue weighted by Gasteiger charge is -2.30. The van der Waals surface area contributed by atoms with Gasteiger partial charge in [0.15, 0.2) is 0 Å². The molecule has 0 saturated heterocycles. The van der Waals surface area contributed by atoms with E-state index in [-0.39, 0.29) is 11.3 Å². The Morgan fingerprint density at radius 1 is 0.628 bits per heavy atom. The normalized spacial score (nSPS) is 13.4. The molecule has 3 nitrogen and oxygen atoms in total.